The molecule has 4 N–H and O–H groups in total. The maximum absolute atomic E-state index is 13.1. The molecule has 0 aliphatic rings. The number of nitro benzene ring substituents is 1. The van der Waals surface area contributed by atoms with Gasteiger partial charge in [0.25, 0.3) is 21.6 Å². The minimum absolute atomic E-state index is 0.0664. The molecular formula is C31H30F3N5O5S2. The highest BCUT2D eigenvalue weighted by Gasteiger charge is 2.30. The number of amides is 1. The molecule has 1 atom stereocenters. The molecule has 0 fully saturated rings. The Hall–Kier alpha value is -4.47. The quantitative estimate of drug-likeness (QED) is 0.0589. The molecule has 0 bridgehead atoms. The summed E-state index contributed by atoms with van der Waals surface area (Å²) >= 11 is 1.58. The van der Waals surface area contributed by atoms with E-state index in [0.717, 1.165) is 29.9 Å². The number of hydrogen-bond acceptors (Lipinski definition) is 9. The third-order valence-corrected chi connectivity index (χ3v) is 9.30. The van der Waals surface area contributed by atoms with Crippen LogP contribution in [0.15, 0.2) is 101 Å². The Labute approximate surface area is 267 Å². The van der Waals surface area contributed by atoms with E-state index in [-0.39, 0.29) is 23.0 Å². The van der Waals surface area contributed by atoms with Crippen molar-refractivity contribution in [1.29, 1.82) is 0 Å². The van der Waals surface area contributed by atoms with Crippen LogP contribution in [0.2, 0.25) is 0 Å². The van der Waals surface area contributed by atoms with Gasteiger partial charge >= 0.3 is 6.18 Å². The van der Waals surface area contributed by atoms with E-state index >= 15 is 0 Å². The number of carbonyl (C=O) groups is 1. The Kier molecular flexibility index (Phi) is 11.4. The molecule has 0 aliphatic heterocycles. The lowest BCUT2D eigenvalue weighted by Gasteiger charge is -2.20. The van der Waals surface area contributed by atoms with Gasteiger partial charge in [-0.05, 0) is 67.9 Å². The number of aromatic nitrogens is 1. The molecule has 0 unspecified atom stereocenters. The highest BCUT2D eigenvalue weighted by molar-refractivity contribution is 7.99. The molecule has 46 heavy (non-hydrogen) atoms. The van der Waals surface area contributed by atoms with Crippen molar-refractivity contribution >= 4 is 39.1 Å². The molecule has 15 heteroatoms. The van der Waals surface area contributed by atoms with Crippen LogP contribution in [0.4, 0.5) is 24.5 Å². The van der Waals surface area contributed by atoms with Gasteiger partial charge < -0.3 is 11.1 Å². The van der Waals surface area contributed by atoms with Crippen molar-refractivity contribution in [3.8, 4) is 11.3 Å². The number of nitro groups is 1. The van der Waals surface area contributed by atoms with Crippen LogP contribution in [0.5, 0.6) is 0 Å². The van der Waals surface area contributed by atoms with Crippen LogP contribution in [-0.4, -0.2) is 42.6 Å². The van der Waals surface area contributed by atoms with E-state index in [1.165, 1.54) is 42.5 Å². The van der Waals surface area contributed by atoms with Gasteiger partial charge in [0, 0.05) is 40.1 Å². The lowest BCUT2D eigenvalue weighted by molar-refractivity contribution is -0.384. The summed E-state index contributed by atoms with van der Waals surface area (Å²) in [5, 5.41) is 15.2. The van der Waals surface area contributed by atoms with Crippen LogP contribution in [0, 0.1) is 10.1 Å². The van der Waals surface area contributed by atoms with Gasteiger partial charge in [0.15, 0.2) is 0 Å². The van der Waals surface area contributed by atoms with Crippen molar-refractivity contribution in [2.75, 3.05) is 17.6 Å². The molecule has 1 heterocycles. The monoisotopic (exact) mass is 673 g/mol. The minimum atomic E-state index is -4.54. The second-order valence-electron chi connectivity index (χ2n) is 10.1. The first-order valence-electron chi connectivity index (χ1n) is 14.0. The minimum Gasteiger partial charge on any atom is -0.376 e. The third kappa shape index (κ3) is 9.28. The number of benzene rings is 3. The molecule has 0 saturated heterocycles. The van der Waals surface area contributed by atoms with E-state index in [1.54, 1.807) is 11.8 Å². The number of nitrogens with zero attached hydrogens (tertiary/aromatic N) is 2. The normalized spacial score (nSPS) is 12.3. The average Bonchev–Trinajstić information content (AvgIpc) is 3.03. The number of thioether (sulfide) groups is 1. The molecule has 4 rings (SSSR count). The van der Waals surface area contributed by atoms with E-state index < -0.39 is 43.2 Å². The van der Waals surface area contributed by atoms with Crippen LogP contribution in [-0.2, 0) is 16.2 Å². The van der Waals surface area contributed by atoms with Gasteiger partial charge in [-0.25, -0.2) is 13.1 Å². The highest BCUT2D eigenvalue weighted by atomic mass is 32.2. The number of nitrogens with one attached hydrogen (secondary N) is 2. The standard InChI is InChI=1S/C31H30F3N5O5S2/c32-31(33,34)23-13-15-27(36-19-23)21-9-11-22(12-10-21)30(40)38-46(43,44)26-14-16-28(29(18-26)39(41)42)37-24(6-4-5-17-35)20-45-25-7-2-1-3-8-25/h1-3,7-16,18-19,24,37H,4-6,17,20,35H2,(H,38,40)/t24-/m1/s1. The highest BCUT2D eigenvalue weighted by Crippen LogP contribution is 2.31. The summed E-state index contributed by atoms with van der Waals surface area (Å²) in [5.41, 5.74) is 4.93. The first-order chi connectivity index (χ1) is 21.9. The average molecular weight is 674 g/mol. The molecule has 0 radical (unpaired) electrons. The van der Waals surface area contributed by atoms with Crippen molar-refractivity contribution in [2.45, 2.75) is 41.3 Å². The van der Waals surface area contributed by atoms with Gasteiger partial charge in [0.2, 0.25) is 0 Å². The summed E-state index contributed by atoms with van der Waals surface area (Å²) in [5.74, 6) is -0.412. The van der Waals surface area contributed by atoms with Crippen molar-refractivity contribution in [2.24, 2.45) is 5.73 Å². The van der Waals surface area contributed by atoms with E-state index in [4.69, 9.17) is 5.73 Å². The predicted molar refractivity (Wildman–Crippen MR) is 170 cm³/mol. The van der Waals surface area contributed by atoms with Crippen molar-refractivity contribution < 1.29 is 31.3 Å². The number of rotatable bonds is 14. The zero-order chi connectivity index (χ0) is 33.3. The third-order valence-electron chi connectivity index (χ3n) is 6.80. The SMILES string of the molecule is NCCCC[C@H](CSc1ccccc1)Nc1ccc(S(=O)(=O)NC(=O)c2ccc(-c3ccc(C(F)(F)F)cn3)cc2)cc1[N+](=O)[O-]. The van der Waals surface area contributed by atoms with E-state index in [0.29, 0.717) is 30.5 Å². The smallest absolute Gasteiger partial charge is 0.376 e. The maximum Gasteiger partial charge on any atom is 0.417 e. The van der Waals surface area contributed by atoms with Crippen LogP contribution < -0.4 is 15.8 Å². The number of nitrogens with two attached hydrogens (primary N) is 1. The fourth-order valence-electron chi connectivity index (χ4n) is 4.38. The van der Waals surface area contributed by atoms with Crippen molar-refractivity contribution in [3.63, 3.8) is 0 Å². The molecule has 4 aromatic rings. The molecule has 1 aromatic heterocycles. The van der Waals surface area contributed by atoms with Gasteiger partial charge in [0.05, 0.1) is 21.1 Å². The fourth-order valence-corrected chi connectivity index (χ4v) is 6.37. The summed E-state index contributed by atoms with van der Waals surface area (Å²) in [7, 11) is -4.52. The zero-order valence-electron chi connectivity index (χ0n) is 24.2. The van der Waals surface area contributed by atoms with Crippen molar-refractivity contribution in [1.82, 2.24) is 9.71 Å². The molecule has 10 nitrogen and oxygen atoms in total. The summed E-state index contributed by atoms with van der Waals surface area (Å²) < 4.78 is 66.5. The Morgan fingerprint density at radius 1 is 1.00 bits per heavy atom. The summed E-state index contributed by atoms with van der Waals surface area (Å²) in [4.78, 5) is 28.4. The number of halogens is 3. The number of anilines is 1. The number of hydrogen-bond donors (Lipinski definition) is 3. The van der Waals surface area contributed by atoms with E-state index in [2.05, 4.69) is 10.3 Å². The van der Waals surface area contributed by atoms with Gasteiger partial charge in [-0.1, -0.05) is 36.8 Å². The number of unbranched alkanes of at least 4 members (excludes halogenated alkanes) is 1. The Morgan fingerprint density at radius 3 is 2.33 bits per heavy atom. The lowest BCUT2D eigenvalue weighted by atomic mass is 10.1. The number of sulfonamides is 1. The lowest BCUT2D eigenvalue weighted by Crippen LogP contribution is -2.30. The van der Waals surface area contributed by atoms with Crippen LogP contribution in [0.1, 0.15) is 35.2 Å². The van der Waals surface area contributed by atoms with E-state index in [1.807, 2.05) is 35.1 Å². The topological polar surface area (TPSA) is 157 Å². The molecule has 1 amide bonds. The summed E-state index contributed by atoms with van der Waals surface area (Å²) in [6.07, 6.45) is -1.60. The van der Waals surface area contributed by atoms with Crippen LogP contribution >= 0.6 is 11.8 Å². The molecular weight excluding hydrogens is 643 g/mol. The van der Waals surface area contributed by atoms with Gasteiger partial charge in [-0.2, -0.15) is 13.2 Å². The number of pyridine rings is 1. The van der Waals surface area contributed by atoms with Crippen LogP contribution in [0.25, 0.3) is 11.3 Å². The number of carbonyl (C=O) groups excluding carboxylic acids is 1. The van der Waals surface area contributed by atoms with Gasteiger partial charge in [-0.3, -0.25) is 19.9 Å². The Bertz CT molecular complexity index is 1760. The van der Waals surface area contributed by atoms with Crippen molar-refractivity contribution in [3.05, 3.63) is 112 Å². The second-order valence-corrected chi connectivity index (χ2v) is 12.9. The zero-order valence-corrected chi connectivity index (χ0v) is 25.9. The molecule has 0 saturated carbocycles. The maximum atomic E-state index is 13.1. The molecule has 3 aromatic carbocycles. The predicted octanol–water partition coefficient (Wildman–Crippen LogP) is 6.50. The number of alkyl halides is 3. The summed E-state index contributed by atoms with van der Waals surface area (Å²) in [6, 6.07) is 20.3. The molecule has 0 aliphatic carbocycles. The first kappa shape index (κ1) is 34.4. The Morgan fingerprint density at radius 2 is 1.72 bits per heavy atom. The molecule has 0 spiro atoms. The van der Waals surface area contributed by atoms with Crippen LogP contribution in [0.3, 0.4) is 0 Å². The van der Waals surface area contributed by atoms with Gasteiger partial charge in [0.1, 0.15) is 5.69 Å². The van der Waals surface area contributed by atoms with Gasteiger partial charge in [-0.15, -0.1) is 11.8 Å². The Balaban J connectivity index is 1.48. The largest absolute Gasteiger partial charge is 0.417 e. The fraction of sp³-hybridized carbons (Fsp3) is 0.226. The second kappa shape index (κ2) is 15.2. The summed E-state index contributed by atoms with van der Waals surface area (Å²) in [6.45, 7) is 0.511. The molecule has 242 valence electrons. The van der Waals surface area contributed by atoms with E-state index in [9.17, 15) is 36.5 Å². The first-order valence-corrected chi connectivity index (χ1v) is 16.5.